The van der Waals surface area contributed by atoms with E-state index < -0.39 is 5.41 Å². The number of rotatable bonds is 3. The van der Waals surface area contributed by atoms with Gasteiger partial charge in [-0.1, -0.05) is 19.3 Å². The van der Waals surface area contributed by atoms with Crippen LogP contribution in [-0.4, -0.2) is 11.7 Å². The van der Waals surface area contributed by atoms with Gasteiger partial charge >= 0.3 is 0 Å². The largest absolute Gasteiger partial charge is 0.370 e. The predicted molar refractivity (Wildman–Crippen MR) is 50.0 cm³/mol. The SMILES string of the molecule is CC(=O)C1(CC(N)=O)CCCCC1. The standard InChI is InChI=1S/C10H17NO2/c1-8(12)10(7-9(11)13)5-3-2-4-6-10/h2-7H2,1H3,(H2,11,13). The third-order valence-corrected chi connectivity index (χ3v) is 3.07. The van der Waals surface area contributed by atoms with Crippen molar-refractivity contribution in [1.82, 2.24) is 0 Å². The Bertz CT molecular complexity index is 217. The molecule has 3 nitrogen and oxygen atoms in total. The smallest absolute Gasteiger partial charge is 0.218 e. The van der Waals surface area contributed by atoms with Gasteiger partial charge in [-0.25, -0.2) is 0 Å². The average Bonchev–Trinajstić information content (AvgIpc) is 2.04. The molecular formula is C10H17NO2. The van der Waals surface area contributed by atoms with Gasteiger partial charge < -0.3 is 5.73 Å². The first-order chi connectivity index (χ1) is 6.07. The third kappa shape index (κ3) is 2.29. The Hall–Kier alpha value is -0.860. The summed E-state index contributed by atoms with van der Waals surface area (Å²) in [7, 11) is 0. The lowest BCUT2D eigenvalue weighted by molar-refractivity contribution is -0.134. The zero-order valence-corrected chi connectivity index (χ0v) is 8.14. The molecule has 0 aromatic rings. The molecule has 0 atom stereocenters. The molecule has 0 heterocycles. The van der Waals surface area contributed by atoms with Crippen LogP contribution in [0, 0.1) is 5.41 Å². The predicted octanol–water partition coefficient (Wildman–Crippen LogP) is 1.40. The van der Waals surface area contributed by atoms with E-state index in [0.717, 1.165) is 25.7 Å². The van der Waals surface area contributed by atoms with E-state index in [1.807, 2.05) is 0 Å². The lowest BCUT2D eigenvalue weighted by atomic mass is 9.69. The molecule has 74 valence electrons. The van der Waals surface area contributed by atoms with Crippen LogP contribution in [0.3, 0.4) is 0 Å². The molecular weight excluding hydrogens is 166 g/mol. The van der Waals surface area contributed by atoms with Crippen molar-refractivity contribution >= 4 is 11.7 Å². The molecule has 0 aliphatic heterocycles. The zero-order valence-electron chi connectivity index (χ0n) is 8.14. The van der Waals surface area contributed by atoms with Gasteiger partial charge in [-0.3, -0.25) is 9.59 Å². The molecule has 0 unspecified atom stereocenters. The Morgan fingerprint density at radius 2 is 1.77 bits per heavy atom. The fourth-order valence-electron chi connectivity index (χ4n) is 2.22. The molecule has 1 amide bonds. The van der Waals surface area contributed by atoms with Crippen molar-refractivity contribution in [2.45, 2.75) is 45.4 Å². The molecule has 1 fully saturated rings. The molecule has 1 rings (SSSR count). The quantitative estimate of drug-likeness (QED) is 0.719. The second-order valence-electron chi connectivity index (χ2n) is 4.04. The monoisotopic (exact) mass is 183 g/mol. The van der Waals surface area contributed by atoms with Gasteiger partial charge in [0.1, 0.15) is 5.78 Å². The summed E-state index contributed by atoms with van der Waals surface area (Å²) in [5.41, 5.74) is 4.74. The van der Waals surface area contributed by atoms with Crippen molar-refractivity contribution in [2.75, 3.05) is 0 Å². The summed E-state index contributed by atoms with van der Waals surface area (Å²) in [6, 6.07) is 0. The van der Waals surface area contributed by atoms with E-state index in [1.165, 1.54) is 6.42 Å². The fourth-order valence-corrected chi connectivity index (χ4v) is 2.22. The van der Waals surface area contributed by atoms with Crippen LogP contribution < -0.4 is 5.73 Å². The Labute approximate surface area is 78.7 Å². The van der Waals surface area contributed by atoms with E-state index >= 15 is 0 Å². The van der Waals surface area contributed by atoms with E-state index in [4.69, 9.17) is 5.73 Å². The van der Waals surface area contributed by atoms with Crippen LogP contribution in [-0.2, 0) is 9.59 Å². The van der Waals surface area contributed by atoms with Gasteiger partial charge in [-0.15, -0.1) is 0 Å². The lowest BCUT2D eigenvalue weighted by Gasteiger charge is -2.33. The Balaban J connectivity index is 2.73. The van der Waals surface area contributed by atoms with Gasteiger partial charge in [0, 0.05) is 11.8 Å². The first kappa shape index (κ1) is 10.2. The number of ketones is 1. The van der Waals surface area contributed by atoms with E-state index in [9.17, 15) is 9.59 Å². The van der Waals surface area contributed by atoms with Crippen LogP contribution in [0.15, 0.2) is 0 Å². The molecule has 1 saturated carbocycles. The maximum Gasteiger partial charge on any atom is 0.218 e. The molecule has 2 N–H and O–H groups in total. The second kappa shape index (κ2) is 3.90. The van der Waals surface area contributed by atoms with Crippen molar-refractivity contribution in [3.8, 4) is 0 Å². The fraction of sp³-hybridized carbons (Fsp3) is 0.800. The average molecular weight is 183 g/mol. The van der Waals surface area contributed by atoms with Crippen molar-refractivity contribution < 1.29 is 9.59 Å². The van der Waals surface area contributed by atoms with E-state index in [1.54, 1.807) is 6.92 Å². The summed E-state index contributed by atoms with van der Waals surface area (Å²) in [5, 5.41) is 0. The summed E-state index contributed by atoms with van der Waals surface area (Å²) in [4.78, 5) is 22.3. The first-order valence-corrected chi connectivity index (χ1v) is 4.86. The van der Waals surface area contributed by atoms with Crippen LogP contribution in [0.4, 0.5) is 0 Å². The minimum absolute atomic E-state index is 0.131. The van der Waals surface area contributed by atoms with Crippen LogP contribution in [0.5, 0.6) is 0 Å². The summed E-state index contributed by atoms with van der Waals surface area (Å²) in [6.07, 6.45) is 5.19. The maximum atomic E-state index is 11.4. The summed E-state index contributed by atoms with van der Waals surface area (Å²) >= 11 is 0. The molecule has 0 saturated heterocycles. The summed E-state index contributed by atoms with van der Waals surface area (Å²) in [5.74, 6) is -0.219. The Morgan fingerprint density at radius 1 is 1.23 bits per heavy atom. The normalized spacial score (nSPS) is 21.0. The highest BCUT2D eigenvalue weighted by molar-refractivity contribution is 5.88. The molecule has 0 spiro atoms. The molecule has 0 bridgehead atoms. The van der Waals surface area contributed by atoms with Crippen molar-refractivity contribution in [1.29, 1.82) is 0 Å². The highest BCUT2D eigenvalue weighted by Gasteiger charge is 2.37. The van der Waals surface area contributed by atoms with Crippen molar-refractivity contribution in [3.63, 3.8) is 0 Å². The summed E-state index contributed by atoms with van der Waals surface area (Å²) in [6.45, 7) is 1.58. The number of carbonyl (C=O) groups excluding carboxylic acids is 2. The maximum absolute atomic E-state index is 11.4. The molecule has 3 heteroatoms. The molecule has 0 aromatic carbocycles. The molecule has 0 aromatic heterocycles. The molecule has 0 radical (unpaired) electrons. The molecule has 13 heavy (non-hydrogen) atoms. The van der Waals surface area contributed by atoms with Crippen LogP contribution in [0.1, 0.15) is 45.4 Å². The summed E-state index contributed by atoms with van der Waals surface area (Å²) < 4.78 is 0. The zero-order chi connectivity index (χ0) is 9.90. The van der Waals surface area contributed by atoms with Crippen LogP contribution >= 0.6 is 0 Å². The minimum atomic E-state index is -0.413. The molecule has 1 aliphatic rings. The highest BCUT2D eigenvalue weighted by Crippen LogP contribution is 2.39. The van der Waals surface area contributed by atoms with Gasteiger partial charge in [0.2, 0.25) is 5.91 Å². The van der Waals surface area contributed by atoms with Gasteiger partial charge in [-0.2, -0.15) is 0 Å². The van der Waals surface area contributed by atoms with Gasteiger partial charge in [0.15, 0.2) is 0 Å². The van der Waals surface area contributed by atoms with E-state index in [-0.39, 0.29) is 18.1 Å². The molecule has 1 aliphatic carbocycles. The van der Waals surface area contributed by atoms with E-state index in [2.05, 4.69) is 0 Å². The number of hydrogen-bond donors (Lipinski definition) is 1. The van der Waals surface area contributed by atoms with Crippen LogP contribution in [0.2, 0.25) is 0 Å². The number of Topliss-reactive ketones (excluding diaryl/α,β-unsaturated/α-hetero) is 1. The lowest BCUT2D eigenvalue weighted by Crippen LogP contribution is -2.36. The van der Waals surface area contributed by atoms with Crippen molar-refractivity contribution in [3.05, 3.63) is 0 Å². The highest BCUT2D eigenvalue weighted by atomic mass is 16.1. The topological polar surface area (TPSA) is 60.2 Å². The van der Waals surface area contributed by atoms with Gasteiger partial charge in [0.05, 0.1) is 0 Å². The van der Waals surface area contributed by atoms with Gasteiger partial charge in [-0.05, 0) is 19.8 Å². The van der Waals surface area contributed by atoms with Gasteiger partial charge in [0.25, 0.3) is 0 Å². The van der Waals surface area contributed by atoms with Crippen molar-refractivity contribution in [2.24, 2.45) is 11.1 Å². The minimum Gasteiger partial charge on any atom is -0.370 e. The Kier molecular flexibility index (Phi) is 3.07. The Morgan fingerprint density at radius 3 is 2.15 bits per heavy atom. The second-order valence-corrected chi connectivity index (χ2v) is 4.04. The number of hydrogen-bond acceptors (Lipinski definition) is 2. The third-order valence-electron chi connectivity index (χ3n) is 3.07. The van der Waals surface area contributed by atoms with E-state index in [0.29, 0.717) is 0 Å². The number of carbonyl (C=O) groups is 2. The number of primary amides is 1. The number of amides is 1. The van der Waals surface area contributed by atoms with Crippen LogP contribution in [0.25, 0.3) is 0 Å². The first-order valence-electron chi connectivity index (χ1n) is 4.86. The number of nitrogens with two attached hydrogens (primary N) is 1.